The van der Waals surface area contributed by atoms with E-state index in [1.54, 1.807) is 0 Å². The van der Waals surface area contributed by atoms with Gasteiger partial charge in [-0.2, -0.15) is 0 Å². The summed E-state index contributed by atoms with van der Waals surface area (Å²) in [5.74, 6) is -0.669. The summed E-state index contributed by atoms with van der Waals surface area (Å²) in [6.07, 6.45) is 0.890. The largest absolute Gasteiger partial charge is 0.481 e. The van der Waals surface area contributed by atoms with Gasteiger partial charge in [0.15, 0.2) is 5.78 Å². The van der Waals surface area contributed by atoms with Crippen LogP contribution in [0.5, 0.6) is 0 Å². The molecule has 14 heavy (non-hydrogen) atoms. The Kier molecular flexibility index (Phi) is 3.63. The first-order valence-corrected chi connectivity index (χ1v) is 4.88. The third-order valence-corrected chi connectivity index (χ3v) is 2.60. The van der Waals surface area contributed by atoms with Crippen molar-refractivity contribution >= 4 is 11.8 Å². The number of ketones is 1. The van der Waals surface area contributed by atoms with Gasteiger partial charge in [0, 0.05) is 0 Å². The molecule has 0 aromatic rings. The number of carbonyl (C=O) groups excluding carboxylic acids is 1. The minimum Gasteiger partial charge on any atom is -0.481 e. The average Bonchev–Trinajstić information content (AvgIpc) is 2.07. The molecule has 3 unspecified atom stereocenters. The standard InChI is InChI=1S/C10H16O4/c1-6-3-4-8(5-9(12)13)14-10(6)7(2)11/h6,8,10H,3-5H2,1-2H3,(H,12,13). The zero-order valence-electron chi connectivity index (χ0n) is 8.53. The van der Waals surface area contributed by atoms with Crippen molar-refractivity contribution in [1.29, 1.82) is 0 Å². The van der Waals surface area contributed by atoms with Gasteiger partial charge in [0.25, 0.3) is 0 Å². The van der Waals surface area contributed by atoms with Crippen molar-refractivity contribution in [3.63, 3.8) is 0 Å². The summed E-state index contributed by atoms with van der Waals surface area (Å²) in [5.41, 5.74) is 0. The highest BCUT2D eigenvalue weighted by atomic mass is 16.5. The van der Waals surface area contributed by atoms with Gasteiger partial charge in [0.2, 0.25) is 0 Å². The van der Waals surface area contributed by atoms with Gasteiger partial charge in [-0.1, -0.05) is 6.92 Å². The predicted octanol–water partition coefficient (Wildman–Crippen LogP) is 1.23. The second kappa shape index (κ2) is 4.55. The maximum Gasteiger partial charge on any atom is 0.305 e. The molecule has 0 saturated carbocycles. The molecule has 0 aromatic carbocycles. The highest BCUT2D eigenvalue weighted by molar-refractivity contribution is 5.80. The Morgan fingerprint density at radius 3 is 2.57 bits per heavy atom. The number of hydrogen-bond donors (Lipinski definition) is 1. The van der Waals surface area contributed by atoms with E-state index in [1.165, 1.54) is 6.92 Å². The van der Waals surface area contributed by atoms with Crippen molar-refractivity contribution in [2.24, 2.45) is 5.92 Å². The predicted molar refractivity (Wildman–Crippen MR) is 50.0 cm³/mol. The summed E-state index contributed by atoms with van der Waals surface area (Å²) in [4.78, 5) is 21.6. The van der Waals surface area contributed by atoms with Crippen molar-refractivity contribution in [1.82, 2.24) is 0 Å². The second-order valence-corrected chi connectivity index (χ2v) is 3.94. The van der Waals surface area contributed by atoms with Gasteiger partial charge >= 0.3 is 5.97 Å². The van der Waals surface area contributed by atoms with Crippen LogP contribution in [0.3, 0.4) is 0 Å². The molecule has 1 fully saturated rings. The van der Waals surface area contributed by atoms with Crippen molar-refractivity contribution in [2.45, 2.75) is 45.3 Å². The number of rotatable bonds is 3. The zero-order chi connectivity index (χ0) is 10.7. The van der Waals surface area contributed by atoms with E-state index in [1.807, 2.05) is 6.92 Å². The van der Waals surface area contributed by atoms with E-state index in [2.05, 4.69) is 0 Å². The first-order valence-electron chi connectivity index (χ1n) is 4.88. The van der Waals surface area contributed by atoms with E-state index < -0.39 is 12.1 Å². The fourth-order valence-corrected chi connectivity index (χ4v) is 1.85. The second-order valence-electron chi connectivity index (χ2n) is 3.94. The van der Waals surface area contributed by atoms with Crippen LogP contribution in [0.15, 0.2) is 0 Å². The highest BCUT2D eigenvalue weighted by Crippen LogP contribution is 2.26. The molecule has 1 rings (SSSR count). The summed E-state index contributed by atoms with van der Waals surface area (Å²) < 4.78 is 5.44. The summed E-state index contributed by atoms with van der Waals surface area (Å²) in [6, 6.07) is 0. The van der Waals surface area contributed by atoms with Gasteiger partial charge in [-0.3, -0.25) is 9.59 Å². The molecule has 4 nitrogen and oxygen atoms in total. The smallest absolute Gasteiger partial charge is 0.305 e. The van der Waals surface area contributed by atoms with Crippen LogP contribution < -0.4 is 0 Å². The number of Topliss-reactive ketones (excluding diaryl/α,β-unsaturated/α-hetero) is 1. The minimum atomic E-state index is -0.869. The lowest BCUT2D eigenvalue weighted by atomic mass is 9.90. The van der Waals surface area contributed by atoms with Gasteiger partial charge in [0.05, 0.1) is 12.5 Å². The van der Waals surface area contributed by atoms with Crippen LogP contribution in [0.2, 0.25) is 0 Å². The van der Waals surface area contributed by atoms with Crippen LogP contribution in [0.1, 0.15) is 33.1 Å². The molecule has 0 aromatic heterocycles. The maximum atomic E-state index is 11.2. The molecule has 0 aliphatic carbocycles. The molecule has 0 bridgehead atoms. The van der Waals surface area contributed by atoms with Crippen molar-refractivity contribution in [3.8, 4) is 0 Å². The van der Waals surface area contributed by atoms with Crippen molar-refractivity contribution in [3.05, 3.63) is 0 Å². The molecule has 4 heteroatoms. The third-order valence-electron chi connectivity index (χ3n) is 2.60. The molecule has 0 spiro atoms. The molecule has 1 aliphatic heterocycles. The van der Waals surface area contributed by atoms with E-state index in [9.17, 15) is 9.59 Å². The van der Waals surface area contributed by atoms with Gasteiger partial charge in [-0.25, -0.2) is 0 Å². The first-order chi connectivity index (χ1) is 6.50. The minimum absolute atomic E-state index is 0.00347. The fourth-order valence-electron chi connectivity index (χ4n) is 1.85. The number of hydrogen-bond acceptors (Lipinski definition) is 3. The highest BCUT2D eigenvalue weighted by Gasteiger charge is 2.32. The molecular weight excluding hydrogens is 184 g/mol. The van der Waals surface area contributed by atoms with E-state index in [0.717, 1.165) is 12.8 Å². The average molecular weight is 200 g/mol. The van der Waals surface area contributed by atoms with E-state index in [0.29, 0.717) is 0 Å². The number of carbonyl (C=O) groups is 2. The van der Waals surface area contributed by atoms with E-state index in [-0.39, 0.29) is 24.2 Å². The molecule has 1 saturated heterocycles. The molecule has 0 amide bonds. The lowest BCUT2D eigenvalue weighted by Crippen LogP contribution is -2.39. The van der Waals surface area contributed by atoms with E-state index >= 15 is 0 Å². The van der Waals surface area contributed by atoms with Crippen molar-refractivity contribution in [2.75, 3.05) is 0 Å². The van der Waals surface area contributed by atoms with E-state index in [4.69, 9.17) is 9.84 Å². The van der Waals surface area contributed by atoms with Crippen LogP contribution in [0.4, 0.5) is 0 Å². The zero-order valence-corrected chi connectivity index (χ0v) is 8.53. The monoisotopic (exact) mass is 200 g/mol. The van der Waals surface area contributed by atoms with Crippen LogP contribution in [-0.2, 0) is 14.3 Å². The third kappa shape index (κ3) is 2.80. The summed E-state index contributed by atoms with van der Waals surface area (Å²) >= 11 is 0. The van der Waals surface area contributed by atoms with Crippen LogP contribution in [-0.4, -0.2) is 29.1 Å². The molecule has 1 aliphatic rings. The molecule has 80 valence electrons. The lowest BCUT2D eigenvalue weighted by Gasteiger charge is -2.32. The number of carboxylic acid groups (broad SMARTS) is 1. The molecular formula is C10H16O4. The van der Waals surface area contributed by atoms with Gasteiger partial charge < -0.3 is 9.84 Å². The fraction of sp³-hybridized carbons (Fsp3) is 0.800. The Morgan fingerprint density at radius 2 is 2.07 bits per heavy atom. The summed E-state index contributed by atoms with van der Waals surface area (Å²) in [7, 11) is 0. The quantitative estimate of drug-likeness (QED) is 0.744. The Hall–Kier alpha value is -0.900. The summed E-state index contributed by atoms with van der Waals surface area (Å²) in [6.45, 7) is 3.45. The Labute approximate surface area is 83.2 Å². The van der Waals surface area contributed by atoms with Gasteiger partial charge in [-0.05, 0) is 25.7 Å². The SMILES string of the molecule is CC(=O)C1OC(CC(=O)O)CCC1C. The Bertz CT molecular complexity index is 236. The van der Waals surface area contributed by atoms with Crippen LogP contribution in [0, 0.1) is 5.92 Å². The topological polar surface area (TPSA) is 63.6 Å². The number of aliphatic carboxylic acids is 1. The molecule has 1 N–H and O–H groups in total. The summed E-state index contributed by atoms with van der Waals surface area (Å²) in [5, 5.41) is 8.59. The number of ether oxygens (including phenoxy) is 1. The van der Waals surface area contributed by atoms with Crippen LogP contribution in [0.25, 0.3) is 0 Å². The molecule has 3 atom stereocenters. The normalized spacial score (nSPS) is 32.6. The van der Waals surface area contributed by atoms with Crippen molar-refractivity contribution < 1.29 is 19.4 Å². The van der Waals surface area contributed by atoms with Gasteiger partial charge in [-0.15, -0.1) is 0 Å². The Morgan fingerprint density at radius 1 is 1.43 bits per heavy atom. The van der Waals surface area contributed by atoms with Crippen LogP contribution >= 0.6 is 0 Å². The number of carboxylic acids is 1. The lowest BCUT2D eigenvalue weighted by molar-refractivity contribution is -0.153. The van der Waals surface area contributed by atoms with Gasteiger partial charge in [0.1, 0.15) is 6.10 Å². The maximum absolute atomic E-state index is 11.2. The molecule has 1 heterocycles. The Balaban J connectivity index is 2.53. The molecule has 0 radical (unpaired) electrons. The first kappa shape index (κ1) is 11.2.